The second-order valence-corrected chi connectivity index (χ2v) is 7.13. The lowest BCUT2D eigenvalue weighted by atomic mass is 10.1. The van der Waals surface area contributed by atoms with E-state index in [2.05, 4.69) is 20.2 Å². The number of aliphatic imine (C=N–C) groups is 1. The van der Waals surface area contributed by atoms with Crippen molar-refractivity contribution in [3.05, 3.63) is 35.8 Å². The third-order valence-electron chi connectivity index (χ3n) is 5.21. The number of hydrogen-bond donors (Lipinski definition) is 2. The number of halogens is 2. The van der Waals surface area contributed by atoms with Crippen LogP contribution in [-0.2, 0) is 15.9 Å². The number of likely N-dealkylation sites (tertiary alicyclic amines) is 1. The lowest BCUT2D eigenvalue weighted by molar-refractivity contribution is 0.00992. The van der Waals surface area contributed by atoms with E-state index in [0.717, 1.165) is 75.4 Å². The van der Waals surface area contributed by atoms with Crippen molar-refractivity contribution < 1.29 is 13.9 Å². The molecule has 1 fully saturated rings. The number of ether oxygens (including phenoxy) is 2. The van der Waals surface area contributed by atoms with Crippen molar-refractivity contribution in [2.24, 2.45) is 4.99 Å². The van der Waals surface area contributed by atoms with Crippen molar-refractivity contribution in [2.45, 2.75) is 31.8 Å². The van der Waals surface area contributed by atoms with E-state index in [1.807, 2.05) is 19.3 Å². The maximum Gasteiger partial charge on any atom is 0.193 e. The summed E-state index contributed by atoms with van der Waals surface area (Å²) in [5, 5.41) is 4.53. The van der Waals surface area contributed by atoms with Crippen LogP contribution in [0.3, 0.4) is 0 Å². The summed E-state index contributed by atoms with van der Waals surface area (Å²) in [6, 6.07) is 4.88. The quantitative estimate of drug-likeness (QED) is 0.243. The fourth-order valence-corrected chi connectivity index (χ4v) is 3.69. The average molecular weight is 518 g/mol. The molecule has 1 aromatic carbocycles. The van der Waals surface area contributed by atoms with Crippen LogP contribution in [0.4, 0.5) is 4.39 Å². The van der Waals surface area contributed by atoms with E-state index in [-0.39, 0.29) is 29.8 Å². The largest absolute Gasteiger partial charge is 0.385 e. The van der Waals surface area contributed by atoms with Crippen LogP contribution >= 0.6 is 24.0 Å². The standard InChI is InChI=1S/C21H31FN4O2.HI/c1-23-21(26-10-7-18(8-11-26)28-13-3-12-27-2)24-9-6-16-15-25-20-14-17(22)4-5-19(16)20;/h4-5,14-15,18,25H,3,6-13H2,1-2H3,(H,23,24);1H. The van der Waals surface area contributed by atoms with Crippen LogP contribution < -0.4 is 5.32 Å². The van der Waals surface area contributed by atoms with Gasteiger partial charge in [0.05, 0.1) is 6.10 Å². The van der Waals surface area contributed by atoms with Gasteiger partial charge in [-0.3, -0.25) is 4.99 Å². The summed E-state index contributed by atoms with van der Waals surface area (Å²) in [6.45, 7) is 4.19. The first-order valence-corrected chi connectivity index (χ1v) is 10.0. The molecule has 6 nitrogen and oxygen atoms in total. The Labute approximate surface area is 189 Å². The Morgan fingerprint density at radius 1 is 1.31 bits per heavy atom. The minimum atomic E-state index is -0.217. The van der Waals surface area contributed by atoms with Gasteiger partial charge in [-0.15, -0.1) is 24.0 Å². The lowest BCUT2D eigenvalue weighted by Crippen LogP contribution is -2.47. The van der Waals surface area contributed by atoms with Crippen LogP contribution in [0.15, 0.2) is 29.4 Å². The molecule has 29 heavy (non-hydrogen) atoms. The molecule has 2 aromatic rings. The summed E-state index contributed by atoms with van der Waals surface area (Å²) in [5.41, 5.74) is 2.02. The van der Waals surface area contributed by atoms with E-state index in [4.69, 9.17) is 9.47 Å². The SMILES string of the molecule is CN=C(NCCc1c[nH]c2cc(F)ccc12)N1CCC(OCCCOC)CC1.I. The number of nitrogens with zero attached hydrogens (tertiary/aromatic N) is 2. The number of rotatable bonds is 8. The molecule has 0 saturated carbocycles. The second kappa shape index (κ2) is 12.3. The molecule has 0 radical (unpaired) electrons. The van der Waals surface area contributed by atoms with Crippen molar-refractivity contribution in [3.8, 4) is 0 Å². The minimum Gasteiger partial charge on any atom is -0.385 e. The Bertz CT molecular complexity index is 775. The maximum atomic E-state index is 13.3. The Morgan fingerprint density at radius 2 is 2.10 bits per heavy atom. The third-order valence-corrected chi connectivity index (χ3v) is 5.21. The van der Waals surface area contributed by atoms with Crippen molar-refractivity contribution in [1.82, 2.24) is 15.2 Å². The molecule has 1 aromatic heterocycles. The molecule has 0 unspecified atom stereocenters. The van der Waals surface area contributed by atoms with Gasteiger partial charge in [0.15, 0.2) is 5.96 Å². The average Bonchev–Trinajstić information content (AvgIpc) is 3.11. The Morgan fingerprint density at radius 3 is 2.83 bits per heavy atom. The third kappa shape index (κ3) is 6.82. The van der Waals surface area contributed by atoms with Crippen LogP contribution in [-0.4, -0.2) is 69.0 Å². The topological polar surface area (TPSA) is 61.9 Å². The van der Waals surface area contributed by atoms with E-state index < -0.39 is 0 Å². The van der Waals surface area contributed by atoms with Gasteiger partial charge in [-0.1, -0.05) is 0 Å². The van der Waals surface area contributed by atoms with Crippen LogP contribution in [0, 0.1) is 5.82 Å². The number of aromatic nitrogens is 1. The highest BCUT2D eigenvalue weighted by Crippen LogP contribution is 2.19. The van der Waals surface area contributed by atoms with Crippen molar-refractivity contribution in [3.63, 3.8) is 0 Å². The second-order valence-electron chi connectivity index (χ2n) is 7.13. The zero-order valence-corrected chi connectivity index (χ0v) is 19.6. The monoisotopic (exact) mass is 518 g/mol. The summed E-state index contributed by atoms with van der Waals surface area (Å²) in [6.07, 6.45) is 6.12. The van der Waals surface area contributed by atoms with E-state index in [0.29, 0.717) is 6.10 Å². The van der Waals surface area contributed by atoms with E-state index in [1.165, 1.54) is 17.7 Å². The molecule has 8 heteroatoms. The first-order valence-electron chi connectivity index (χ1n) is 10.0. The van der Waals surface area contributed by atoms with Gasteiger partial charge in [-0.2, -0.15) is 0 Å². The highest BCUT2D eigenvalue weighted by Gasteiger charge is 2.21. The number of guanidine groups is 1. The van der Waals surface area contributed by atoms with Crippen LogP contribution in [0.25, 0.3) is 10.9 Å². The first kappa shape index (κ1) is 23.9. The summed E-state index contributed by atoms with van der Waals surface area (Å²) in [5.74, 6) is 0.717. The fraction of sp³-hybridized carbons (Fsp3) is 0.571. The molecule has 0 bridgehead atoms. The van der Waals surface area contributed by atoms with E-state index >= 15 is 0 Å². The molecule has 0 amide bonds. The molecule has 1 aliphatic rings. The summed E-state index contributed by atoms with van der Waals surface area (Å²) < 4.78 is 24.3. The number of hydrogen-bond acceptors (Lipinski definition) is 3. The predicted molar refractivity (Wildman–Crippen MR) is 126 cm³/mol. The summed E-state index contributed by atoms with van der Waals surface area (Å²) in [4.78, 5) is 9.87. The molecule has 1 saturated heterocycles. The molecule has 0 spiro atoms. The van der Waals surface area contributed by atoms with Gasteiger partial charge < -0.3 is 24.7 Å². The van der Waals surface area contributed by atoms with Crippen LogP contribution in [0.5, 0.6) is 0 Å². The molecule has 1 aliphatic heterocycles. The highest BCUT2D eigenvalue weighted by atomic mass is 127. The molecule has 0 aliphatic carbocycles. The van der Waals surface area contributed by atoms with Gasteiger partial charge in [0.25, 0.3) is 0 Å². The van der Waals surface area contributed by atoms with E-state index in [1.54, 1.807) is 7.11 Å². The minimum absolute atomic E-state index is 0. The zero-order valence-electron chi connectivity index (χ0n) is 17.2. The summed E-state index contributed by atoms with van der Waals surface area (Å²) >= 11 is 0. The van der Waals surface area contributed by atoms with Crippen molar-refractivity contribution in [1.29, 1.82) is 0 Å². The molecule has 2 N–H and O–H groups in total. The number of methoxy groups -OCH3 is 1. The Balaban J connectivity index is 0.00000300. The van der Waals surface area contributed by atoms with Crippen molar-refractivity contribution >= 4 is 40.8 Å². The number of H-pyrrole nitrogens is 1. The van der Waals surface area contributed by atoms with Crippen molar-refractivity contribution in [2.75, 3.05) is 47.0 Å². The molecular weight excluding hydrogens is 486 g/mol. The lowest BCUT2D eigenvalue weighted by Gasteiger charge is -2.34. The normalized spacial score (nSPS) is 15.6. The predicted octanol–water partition coefficient (Wildman–Crippen LogP) is 3.56. The number of piperidine rings is 1. The zero-order chi connectivity index (χ0) is 19.8. The Hall–Kier alpha value is -1.39. The van der Waals surface area contributed by atoms with Gasteiger partial charge >= 0.3 is 0 Å². The first-order chi connectivity index (χ1) is 13.7. The number of aromatic amines is 1. The van der Waals surface area contributed by atoms with Crippen LogP contribution in [0.2, 0.25) is 0 Å². The number of fused-ring (bicyclic) bond motifs is 1. The Kier molecular flexibility index (Phi) is 10.2. The molecule has 2 heterocycles. The van der Waals surface area contributed by atoms with Gasteiger partial charge in [0, 0.05) is 64.1 Å². The van der Waals surface area contributed by atoms with Gasteiger partial charge in [-0.05, 0) is 49.4 Å². The smallest absolute Gasteiger partial charge is 0.193 e. The van der Waals surface area contributed by atoms with Gasteiger partial charge in [-0.25, -0.2) is 4.39 Å². The number of nitrogens with one attached hydrogen (secondary N) is 2. The fourth-order valence-electron chi connectivity index (χ4n) is 3.69. The molecule has 0 atom stereocenters. The maximum absolute atomic E-state index is 13.3. The van der Waals surface area contributed by atoms with E-state index in [9.17, 15) is 4.39 Å². The van der Waals surface area contributed by atoms with Gasteiger partial charge in [0.1, 0.15) is 5.82 Å². The molecular formula is C21H32FIN4O2. The van der Waals surface area contributed by atoms with Crippen LogP contribution in [0.1, 0.15) is 24.8 Å². The number of benzene rings is 1. The molecule has 162 valence electrons. The van der Waals surface area contributed by atoms with Gasteiger partial charge in [0.2, 0.25) is 0 Å². The summed E-state index contributed by atoms with van der Waals surface area (Å²) in [7, 11) is 3.54. The molecule has 3 rings (SSSR count). The highest BCUT2D eigenvalue weighted by molar-refractivity contribution is 14.0.